The van der Waals surface area contributed by atoms with Gasteiger partial charge in [0.15, 0.2) is 0 Å². The highest BCUT2D eigenvalue weighted by molar-refractivity contribution is 7.99. The molecule has 4 nitrogen and oxygen atoms in total. The first-order valence-electron chi connectivity index (χ1n) is 9.90. The molecule has 5 heteroatoms. The largest absolute Gasteiger partial charge is 0.423 e. The average molecular weight is 388 g/mol. The van der Waals surface area contributed by atoms with Crippen molar-refractivity contribution in [3.63, 3.8) is 0 Å². The highest BCUT2D eigenvalue weighted by Crippen LogP contribution is 2.29. The van der Waals surface area contributed by atoms with Gasteiger partial charge in [0.2, 0.25) is 5.91 Å². The van der Waals surface area contributed by atoms with Gasteiger partial charge >= 0.3 is 5.63 Å². The summed E-state index contributed by atoms with van der Waals surface area (Å²) in [6.07, 6.45) is 4.42. The quantitative estimate of drug-likeness (QED) is 0.740. The van der Waals surface area contributed by atoms with Crippen LogP contribution in [0.1, 0.15) is 51.2 Å². The lowest BCUT2D eigenvalue weighted by atomic mass is 9.78. The van der Waals surface area contributed by atoms with Gasteiger partial charge in [-0.05, 0) is 41.9 Å². The smallest absolute Gasteiger partial charge is 0.336 e. The summed E-state index contributed by atoms with van der Waals surface area (Å²) in [5.74, 6) is 2.32. The number of aryl methyl sites for hydroxylation is 1. The molecule has 1 heterocycles. The molecule has 1 N–H and O–H groups in total. The fraction of sp³-hybridized carbons (Fsp3) is 0.545. The van der Waals surface area contributed by atoms with E-state index < -0.39 is 0 Å². The van der Waals surface area contributed by atoms with Gasteiger partial charge in [-0.25, -0.2) is 4.79 Å². The Morgan fingerprint density at radius 2 is 2.07 bits per heavy atom. The van der Waals surface area contributed by atoms with Gasteiger partial charge in [0, 0.05) is 23.2 Å². The summed E-state index contributed by atoms with van der Waals surface area (Å²) in [5, 5.41) is 4.16. The minimum absolute atomic E-state index is 0.0893. The second-order valence-corrected chi connectivity index (χ2v) is 8.69. The zero-order valence-electron chi connectivity index (χ0n) is 16.4. The second kappa shape index (κ2) is 8.96. The number of hydrogen-bond donors (Lipinski definition) is 1. The van der Waals surface area contributed by atoms with Crippen molar-refractivity contribution in [2.75, 3.05) is 5.75 Å². The molecule has 3 rings (SSSR count). The molecule has 0 aliphatic heterocycles. The predicted octanol–water partition coefficient (Wildman–Crippen LogP) is 4.53. The molecule has 0 bridgehead atoms. The molecule has 1 aromatic carbocycles. The molecule has 0 unspecified atom stereocenters. The molecule has 0 saturated heterocycles. The highest BCUT2D eigenvalue weighted by atomic mass is 32.2. The van der Waals surface area contributed by atoms with Gasteiger partial charge in [0.25, 0.3) is 0 Å². The van der Waals surface area contributed by atoms with E-state index in [2.05, 4.69) is 32.2 Å². The van der Waals surface area contributed by atoms with Crippen LogP contribution < -0.4 is 10.9 Å². The Balaban J connectivity index is 1.60. The minimum Gasteiger partial charge on any atom is -0.423 e. The summed E-state index contributed by atoms with van der Waals surface area (Å²) < 4.78 is 5.35. The maximum atomic E-state index is 12.4. The maximum Gasteiger partial charge on any atom is 0.336 e. The van der Waals surface area contributed by atoms with Crippen LogP contribution in [0.3, 0.4) is 0 Å². The molecule has 1 fully saturated rings. The number of nitrogens with one attached hydrogen (secondary N) is 1. The van der Waals surface area contributed by atoms with E-state index in [0.29, 0.717) is 35.0 Å². The third-order valence-electron chi connectivity index (χ3n) is 5.85. The van der Waals surface area contributed by atoms with Crippen molar-refractivity contribution >= 4 is 28.6 Å². The zero-order chi connectivity index (χ0) is 19.4. The molecule has 1 aliphatic carbocycles. The third-order valence-corrected chi connectivity index (χ3v) is 6.83. The van der Waals surface area contributed by atoms with Gasteiger partial charge in [-0.3, -0.25) is 4.79 Å². The van der Waals surface area contributed by atoms with E-state index >= 15 is 0 Å². The van der Waals surface area contributed by atoms with Crippen molar-refractivity contribution in [2.45, 2.75) is 58.2 Å². The first-order valence-corrected chi connectivity index (χ1v) is 11.1. The van der Waals surface area contributed by atoms with E-state index in [1.165, 1.54) is 12.8 Å². The SMILES string of the molecule is CCc1ccc2c(CSCC(=O)N[C@H]3CCC[C@@H](C)[C@@H]3C)cc(=O)oc2c1. The third kappa shape index (κ3) is 4.95. The molecular formula is C22H29NO3S. The zero-order valence-corrected chi connectivity index (χ0v) is 17.2. The molecule has 146 valence electrons. The number of fused-ring (bicyclic) bond motifs is 1. The lowest BCUT2D eigenvalue weighted by Crippen LogP contribution is -2.44. The number of thioether (sulfide) groups is 1. The van der Waals surface area contributed by atoms with Crippen LogP contribution in [0.5, 0.6) is 0 Å². The van der Waals surface area contributed by atoms with E-state index in [-0.39, 0.29) is 11.5 Å². The Hall–Kier alpha value is -1.75. The van der Waals surface area contributed by atoms with Crippen molar-refractivity contribution < 1.29 is 9.21 Å². The van der Waals surface area contributed by atoms with E-state index in [4.69, 9.17) is 4.42 Å². The lowest BCUT2D eigenvalue weighted by molar-refractivity contribution is -0.119. The van der Waals surface area contributed by atoms with Gasteiger partial charge in [-0.2, -0.15) is 0 Å². The summed E-state index contributed by atoms with van der Waals surface area (Å²) in [6.45, 7) is 6.58. The molecule has 27 heavy (non-hydrogen) atoms. The minimum atomic E-state index is -0.333. The van der Waals surface area contributed by atoms with Gasteiger partial charge in [-0.1, -0.05) is 45.7 Å². The first-order chi connectivity index (χ1) is 13.0. The van der Waals surface area contributed by atoms with Crippen molar-refractivity contribution in [1.82, 2.24) is 5.32 Å². The summed E-state index contributed by atoms with van der Waals surface area (Å²) in [4.78, 5) is 24.2. The Kier molecular flexibility index (Phi) is 6.64. The van der Waals surface area contributed by atoms with Crippen molar-refractivity contribution in [1.29, 1.82) is 0 Å². The topological polar surface area (TPSA) is 59.3 Å². The van der Waals surface area contributed by atoms with E-state index in [1.807, 2.05) is 12.1 Å². The fourth-order valence-corrected chi connectivity index (χ4v) is 4.73. The summed E-state index contributed by atoms with van der Waals surface area (Å²) >= 11 is 1.55. The summed E-state index contributed by atoms with van der Waals surface area (Å²) in [5.41, 5.74) is 2.37. The number of benzene rings is 1. The Morgan fingerprint density at radius 1 is 1.26 bits per heavy atom. The Labute approximate surface area is 165 Å². The number of carbonyl (C=O) groups is 1. The normalized spacial score (nSPS) is 22.7. The van der Waals surface area contributed by atoms with Crippen LogP contribution in [0, 0.1) is 11.8 Å². The Morgan fingerprint density at radius 3 is 2.85 bits per heavy atom. The fourth-order valence-electron chi connectivity index (χ4n) is 3.90. The van der Waals surface area contributed by atoms with E-state index in [9.17, 15) is 9.59 Å². The van der Waals surface area contributed by atoms with E-state index in [0.717, 1.165) is 29.4 Å². The van der Waals surface area contributed by atoms with Crippen LogP contribution in [0.15, 0.2) is 33.5 Å². The molecule has 1 aliphatic rings. The van der Waals surface area contributed by atoms with E-state index in [1.54, 1.807) is 17.8 Å². The molecule has 1 saturated carbocycles. The molecule has 2 aromatic rings. The number of amides is 1. The number of hydrogen-bond acceptors (Lipinski definition) is 4. The van der Waals surface area contributed by atoms with Crippen LogP contribution in [0.4, 0.5) is 0 Å². The maximum absolute atomic E-state index is 12.4. The van der Waals surface area contributed by atoms with Crippen molar-refractivity contribution in [3.8, 4) is 0 Å². The Bertz CT molecular complexity index is 860. The number of carbonyl (C=O) groups excluding carboxylic acids is 1. The average Bonchev–Trinajstić information content (AvgIpc) is 2.64. The molecule has 0 spiro atoms. The van der Waals surface area contributed by atoms with Crippen molar-refractivity contribution in [3.05, 3.63) is 45.8 Å². The van der Waals surface area contributed by atoms with Crippen LogP contribution in [0.2, 0.25) is 0 Å². The van der Waals surface area contributed by atoms with Crippen LogP contribution in [-0.2, 0) is 17.0 Å². The molecule has 0 radical (unpaired) electrons. The monoisotopic (exact) mass is 387 g/mol. The molecule has 3 atom stereocenters. The molecular weight excluding hydrogens is 358 g/mol. The lowest BCUT2D eigenvalue weighted by Gasteiger charge is -2.34. The summed E-state index contributed by atoms with van der Waals surface area (Å²) in [7, 11) is 0. The molecule has 1 amide bonds. The van der Waals surface area contributed by atoms with Gasteiger partial charge in [-0.15, -0.1) is 11.8 Å². The second-order valence-electron chi connectivity index (χ2n) is 7.71. The standard InChI is InChI=1S/C22H29NO3S/c1-4-16-8-9-18-17(11-22(25)26-20(18)10-16)12-27-13-21(24)23-19-7-5-6-14(2)15(19)3/h8-11,14-15,19H,4-7,12-13H2,1-3H3,(H,23,24)/t14-,15+,19+/m1/s1. The van der Waals surface area contributed by atoms with Crippen LogP contribution >= 0.6 is 11.8 Å². The molecule has 1 aromatic heterocycles. The van der Waals surface area contributed by atoms with Crippen molar-refractivity contribution in [2.24, 2.45) is 11.8 Å². The van der Waals surface area contributed by atoms with Gasteiger partial charge < -0.3 is 9.73 Å². The summed E-state index contributed by atoms with van der Waals surface area (Å²) in [6, 6.07) is 7.85. The first kappa shape index (κ1) is 20.0. The van der Waals surface area contributed by atoms with Crippen LogP contribution in [0.25, 0.3) is 11.0 Å². The number of rotatable bonds is 6. The van der Waals surface area contributed by atoms with Gasteiger partial charge in [0.1, 0.15) is 5.58 Å². The van der Waals surface area contributed by atoms with Crippen LogP contribution in [-0.4, -0.2) is 17.7 Å². The van der Waals surface area contributed by atoms with Gasteiger partial charge in [0.05, 0.1) is 5.75 Å². The highest BCUT2D eigenvalue weighted by Gasteiger charge is 2.27. The predicted molar refractivity (Wildman–Crippen MR) is 112 cm³/mol.